The van der Waals surface area contributed by atoms with E-state index in [1.807, 2.05) is 0 Å². The van der Waals surface area contributed by atoms with Crippen molar-refractivity contribution in [3.63, 3.8) is 0 Å². The van der Waals surface area contributed by atoms with E-state index < -0.39 is 47.5 Å². The number of amides is 1. The number of aliphatic carboxylic acids is 1. The molecule has 9 nitrogen and oxygen atoms in total. The first-order valence-corrected chi connectivity index (χ1v) is 5.85. The van der Waals surface area contributed by atoms with Crippen molar-refractivity contribution in [2.75, 3.05) is 0 Å². The number of carboxylic acid groups (broad SMARTS) is 1. The summed E-state index contributed by atoms with van der Waals surface area (Å²) in [5.41, 5.74) is 4.35. The maximum Gasteiger partial charge on any atom is 0.308 e. The van der Waals surface area contributed by atoms with Gasteiger partial charge in [-0.2, -0.15) is 0 Å². The van der Waals surface area contributed by atoms with E-state index in [4.69, 9.17) is 10.8 Å². The number of primary amides is 1. The monoisotopic (exact) mass is 298 g/mol. The van der Waals surface area contributed by atoms with Gasteiger partial charge in [0.1, 0.15) is 6.10 Å². The molecule has 0 aromatic heterocycles. The van der Waals surface area contributed by atoms with Crippen LogP contribution in [0.5, 0.6) is 0 Å². The van der Waals surface area contributed by atoms with E-state index in [9.17, 15) is 29.9 Å². The average Bonchev–Trinajstić information content (AvgIpc) is 2.36. The molecule has 1 amide bonds. The van der Waals surface area contributed by atoms with Gasteiger partial charge in [0.25, 0.3) is 5.69 Å². The number of hydrogen-bond donors (Lipinski definition) is 4. The highest BCUT2D eigenvalue weighted by atomic mass is 16.6. The Morgan fingerprint density at radius 2 is 1.95 bits per heavy atom. The number of aliphatic hydroxyl groups excluding tert-OH is 2. The number of nitrogens with zero attached hydrogens (tertiary/aromatic N) is 1. The molecule has 0 saturated heterocycles. The minimum atomic E-state index is -1.55. The predicted molar refractivity (Wildman–Crippen MR) is 69.2 cm³/mol. The van der Waals surface area contributed by atoms with Gasteiger partial charge in [-0.15, -0.1) is 0 Å². The molecule has 1 rings (SSSR count). The van der Waals surface area contributed by atoms with Crippen LogP contribution in [0.1, 0.15) is 23.7 Å². The molecule has 0 aliphatic heterocycles. The third-order valence-corrected chi connectivity index (χ3v) is 2.76. The standard InChI is InChI=1S/C12H14N2O7/c13-10(16)5-9(15)12(19)7-2-1-6(4-11(17)18)8(3-7)14(20)21/h1-3,9,12,15,19H,4-5H2,(H2,13,16)(H,17,18). The summed E-state index contributed by atoms with van der Waals surface area (Å²) in [6.45, 7) is 0. The van der Waals surface area contributed by atoms with Crippen LogP contribution < -0.4 is 5.73 Å². The lowest BCUT2D eigenvalue weighted by Crippen LogP contribution is -2.25. The normalized spacial score (nSPS) is 13.4. The van der Waals surface area contributed by atoms with Crippen LogP contribution in [0.15, 0.2) is 18.2 Å². The van der Waals surface area contributed by atoms with Crippen molar-refractivity contribution in [2.45, 2.75) is 25.0 Å². The van der Waals surface area contributed by atoms with E-state index in [-0.39, 0.29) is 11.1 Å². The Morgan fingerprint density at radius 1 is 1.33 bits per heavy atom. The highest BCUT2D eigenvalue weighted by Gasteiger charge is 2.24. The highest BCUT2D eigenvalue weighted by Crippen LogP contribution is 2.26. The summed E-state index contributed by atoms with van der Waals surface area (Å²) in [5.74, 6) is -2.07. The fourth-order valence-electron chi connectivity index (χ4n) is 1.79. The average molecular weight is 298 g/mol. The molecule has 5 N–H and O–H groups in total. The van der Waals surface area contributed by atoms with Gasteiger partial charge in [-0.3, -0.25) is 19.7 Å². The zero-order valence-corrected chi connectivity index (χ0v) is 10.8. The lowest BCUT2D eigenvalue weighted by Gasteiger charge is -2.17. The lowest BCUT2D eigenvalue weighted by atomic mass is 9.98. The summed E-state index contributed by atoms with van der Waals surface area (Å²) in [7, 11) is 0. The Morgan fingerprint density at radius 3 is 2.43 bits per heavy atom. The topological polar surface area (TPSA) is 164 Å². The molecule has 0 fully saturated rings. The number of carboxylic acids is 1. The van der Waals surface area contributed by atoms with Crippen LogP contribution in [0, 0.1) is 10.1 Å². The number of aliphatic hydroxyl groups is 2. The second-order valence-corrected chi connectivity index (χ2v) is 4.40. The molecule has 0 spiro atoms. The number of carbonyl (C=O) groups excluding carboxylic acids is 1. The molecule has 9 heteroatoms. The molecule has 0 saturated carbocycles. The van der Waals surface area contributed by atoms with Crippen molar-refractivity contribution in [3.05, 3.63) is 39.4 Å². The van der Waals surface area contributed by atoms with Crippen LogP contribution >= 0.6 is 0 Å². The van der Waals surface area contributed by atoms with Crippen molar-refractivity contribution >= 4 is 17.6 Å². The Labute approximate surface area is 118 Å². The molecule has 2 atom stereocenters. The maximum absolute atomic E-state index is 10.9. The summed E-state index contributed by atoms with van der Waals surface area (Å²) in [6, 6.07) is 3.40. The fourth-order valence-corrected chi connectivity index (χ4v) is 1.79. The number of rotatable bonds is 7. The second-order valence-electron chi connectivity index (χ2n) is 4.40. The smallest absolute Gasteiger partial charge is 0.308 e. The maximum atomic E-state index is 10.9. The summed E-state index contributed by atoms with van der Waals surface area (Å²) >= 11 is 0. The van der Waals surface area contributed by atoms with Gasteiger partial charge in [0, 0.05) is 11.6 Å². The predicted octanol–water partition coefficient (Wildman–Crippen LogP) is -0.508. The number of nitrogens with two attached hydrogens (primary N) is 1. The number of nitro benzene ring substituents is 1. The number of hydrogen-bond acceptors (Lipinski definition) is 6. The lowest BCUT2D eigenvalue weighted by molar-refractivity contribution is -0.385. The van der Waals surface area contributed by atoms with Crippen LogP contribution in [-0.4, -0.2) is 38.2 Å². The van der Waals surface area contributed by atoms with Crippen molar-refractivity contribution in [1.29, 1.82) is 0 Å². The van der Waals surface area contributed by atoms with Gasteiger partial charge in [-0.25, -0.2) is 0 Å². The van der Waals surface area contributed by atoms with Crippen LogP contribution in [0.3, 0.4) is 0 Å². The molecule has 0 aliphatic carbocycles. The third kappa shape index (κ3) is 4.51. The largest absolute Gasteiger partial charge is 0.481 e. The van der Waals surface area contributed by atoms with Gasteiger partial charge in [0.05, 0.1) is 23.9 Å². The van der Waals surface area contributed by atoms with Crippen LogP contribution in [0.2, 0.25) is 0 Å². The van der Waals surface area contributed by atoms with Crippen molar-refractivity contribution < 1.29 is 29.8 Å². The van der Waals surface area contributed by atoms with E-state index in [1.54, 1.807) is 0 Å². The highest BCUT2D eigenvalue weighted by molar-refractivity contribution is 5.74. The van der Waals surface area contributed by atoms with Gasteiger partial charge >= 0.3 is 5.97 Å². The molecular weight excluding hydrogens is 284 g/mol. The van der Waals surface area contributed by atoms with E-state index in [0.29, 0.717) is 0 Å². The van der Waals surface area contributed by atoms with Gasteiger partial charge in [0.15, 0.2) is 0 Å². The molecule has 0 heterocycles. The minimum absolute atomic E-state index is 0.00964. The summed E-state index contributed by atoms with van der Waals surface area (Å²) in [6.07, 6.45) is -4.11. The summed E-state index contributed by atoms with van der Waals surface area (Å²) < 4.78 is 0. The van der Waals surface area contributed by atoms with Gasteiger partial charge in [0.2, 0.25) is 5.91 Å². The first-order valence-electron chi connectivity index (χ1n) is 5.85. The van der Waals surface area contributed by atoms with Gasteiger partial charge in [-0.05, 0) is 5.56 Å². The van der Waals surface area contributed by atoms with Gasteiger partial charge < -0.3 is 21.1 Å². The second kappa shape index (κ2) is 6.77. The fraction of sp³-hybridized carbons (Fsp3) is 0.333. The Kier molecular flexibility index (Phi) is 5.33. The molecule has 0 aliphatic rings. The molecule has 1 aromatic carbocycles. The van der Waals surface area contributed by atoms with Crippen molar-refractivity contribution in [2.24, 2.45) is 5.73 Å². The molecule has 0 bridgehead atoms. The first kappa shape index (κ1) is 16.5. The molecule has 114 valence electrons. The summed E-state index contributed by atoms with van der Waals surface area (Å²) in [4.78, 5) is 31.4. The quantitative estimate of drug-likeness (QED) is 0.389. The molecule has 21 heavy (non-hydrogen) atoms. The van der Waals surface area contributed by atoms with E-state index >= 15 is 0 Å². The molecule has 1 aromatic rings. The zero-order chi connectivity index (χ0) is 16.2. The first-order chi connectivity index (χ1) is 9.72. The molecule has 0 radical (unpaired) electrons. The van der Waals surface area contributed by atoms with Crippen LogP contribution in [0.4, 0.5) is 5.69 Å². The Balaban J connectivity index is 3.10. The Hall–Kier alpha value is -2.52. The van der Waals surface area contributed by atoms with Crippen molar-refractivity contribution in [3.8, 4) is 0 Å². The van der Waals surface area contributed by atoms with E-state index in [2.05, 4.69) is 0 Å². The molecular formula is C12H14N2O7. The van der Waals surface area contributed by atoms with E-state index in [1.165, 1.54) is 12.1 Å². The molecule has 2 unspecified atom stereocenters. The van der Waals surface area contributed by atoms with Crippen molar-refractivity contribution in [1.82, 2.24) is 0 Å². The third-order valence-electron chi connectivity index (χ3n) is 2.76. The summed E-state index contributed by atoms with van der Waals surface area (Å²) in [5, 5.41) is 39.0. The zero-order valence-electron chi connectivity index (χ0n) is 10.8. The minimum Gasteiger partial charge on any atom is -0.481 e. The van der Waals surface area contributed by atoms with Crippen LogP contribution in [0.25, 0.3) is 0 Å². The van der Waals surface area contributed by atoms with Gasteiger partial charge in [-0.1, -0.05) is 12.1 Å². The van der Waals surface area contributed by atoms with Crippen LogP contribution in [-0.2, 0) is 16.0 Å². The van der Waals surface area contributed by atoms with E-state index in [0.717, 1.165) is 6.07 Å². The Bertz CT molecular complexity index is 573. The number of carbonyl (C=O) groups is 2. The number of nitro groups is 1. The SMILES string of the molecule is NC(=O)CC(O)C(O)c1ccc(CC(=O)O)c([N+](=O)[O-])c1. The number of benzene rings is 1.